The van der Waals surface area contributed by atoms with Gasteiger partial charge in [-0.3, -0.25) is 9.69 Å². The Balaban J connectivity index is 2.32. The molecule has 18 heavy (non-hydrogen) atoms. The summed E-state index contributed by atoms with van der Waals surface area (Å²) in [5.41, 5.74) is 5.45. The summed E-state index contributed by atoms with van der Waals surface area (Å²) in [5.74, 6) is 0.175. The molecule has 0 aromatic heterocycles. The van der Waals surface area contributed by atoms with Crippen molar-refractivity contribution in [3.8, 4) is 0 Å². The SMILES string of the molecule is CCCCN(CC(=O)N(C)CCC(N)=S)C1CC1. The maximum absolute atomic E-state index is 12.1. The van der Waals surface area contributed by atoms with Crippen LogP contribution in [0, 0.1) is 0 Å². The number of carbonyl (C=O) groups is 1. The molecule has 0 aromatic rings. The van der Waals surface area contributed by atoms with Crippen molar-refractivity contribution in [1.29, 1.82) is 0 Å². The van der Waals surface area contributed by atoms with Gasteiger partial charge in [-0.25, -0.2) is 0 Å². The van der Waals surface area contributed by atoms with Crippen molar-refractivity contribution in [3.05, 3.63) is 0 Å². The summed E-state index contributed by atoms with van der Waals surface area (Å²) >= 11 is 4.83. The third-order valence-electron chi connectivity index (χ3n) is 3.32. The fourth-order valence-corrected chi connectivity index (χ4v) is 1.98. The zero-order chi connectivity index (χ0) is 13.5. The molecule has 1 aliphatic rings. The van der Waals surface area contributed by atoms with Crippen molar-refractivity contribution in [2.45, 2.75) is 45.1 Å². The van der Waals surface area contributed by atoms with Gasteiger partial charge in [0.2, 0.25) is 5.91 Å². The maximum atomic E-state index is 12.1. The summed E-state index contributed by atoms with van der Waals surface area (Å²) < 4.78 is 0. The highest BCUT2D eigenvalue weighted by atomic mass is 32.1. The van der Waals surface area contributed by atoms with Crippen LogP contribution >= 0.6 is 12.2 Å². The lowest BCUT2D eigenvalue weighted by atomic mass is 10.3. The van der Waals surface area contributed by atoms with E-state index in [2.05, 4.69) is 11.8 Å². The first-order valence-corrected chi connectivity index (χ1v) is 7.21. The first-order valence-electron chi connectivity index (χ1n) is 6.81. The van der Waals surface area contributed by atoms with Crippen molar-refractivity contribution < 1.29 is 4.79 Å². The van der Waals surface area contributed by atoms with E-state index in [9.17, 15) is 4.79 Å². The zero-order valence-corrected chi connectivity index (χ0v) is 12.3. The van der Waals surface area contributed by atoms with Crippen LogP contribution in [-0.2, 0) is 4.79 Å². The predicted molar refractivity (Wildman–Crippen MR) is 78.5 cm³/mol. The van der Waals surface area contributed by atoms with Crippen molar-refractivity contribution in [3.63, 3.8) is 0 Å². The number of unbranched alkanes of at least 4 members (excludes halogenated alkanes) is 1. The van der Waals surface area contributed by atoms with Crippen LogP contribution in [0.1, 0.15) is 39.0 Å². The van der Waals surface area contributed by atoms with Crippen LogP contribution in [0.2, 0.25) is 0 Å². The van der Waals surface area contributed by atoms with E-state index in [0.717, 1.165) is 6.54 Å². The molecule has 0 radical (unpaired) electrons. The van der Waals surface area contributed by atoms with Gasteiger partial charge < -0.3 is 10.6 Å². The van der Waals surface area contributed by atoms with Crippen molar-refractivity contribution >= 4 is 23.1 Å². The minimum atomic E-state index is 0.175. The fourth-order valence-electron chi connectivity index (χ4n) is 1.89. The van der Waals surface area contributed by atoms with Crippen LogP contribution in [0.5, 0.6) is 0 Å². The van der Waals surface area contributed by atoms with Crippen LogP contribution in [0.3, 0.4) is 0 Å². The van der Waals surface area contributed by atoms with Crippen molar-refractivity contribution in [2.24, 2.45) is 5.73 Å². The van der Waals surface area contributed by atoms with Gasteiger partial charge in [0.15, 0.2) is 0 Å². The van der Waals surface area contributed by atoms with Gasteiger partial charge in [0.25, 0.3) is 0 Å². The molecular formula is C13H25N3OS. The Kier molecular flexibility index (Phi) is 6.57. The molecule has 104 valence electrons. The predicted octanol–water partition coefficient (Wildman–Crippen LogP) is 1.39. The second-order valence-corrected chi connectivity index (χ2v) is 5.61. The molecule has 5 heteroatoms. The van der Waals surface area contributed by atoms with Crippen LogP contribution in [-0.4, -0.2) is 53.4 Å². The molecule has 1 amide bonds. The minimum absolute atomic E-state index is 0.175. The highest BCUT2D eigenvalue weighted by Crippen LogP contribution is 2.26. The van der Waals surface area contributed by atoms with E-state index in [1.807, 2.05) is 7.05 Å². The van der Waals surface area contributed by atoms with Gasteiger partial charge in [-0.15, -0.1) is 0 Å². The Morgan fingerprint density at radius 2 is 2.06 bits per heavy atom. The van der Waals surface area contributed by atoms with Crippen LogP contribution in [0.25, 0.3) is 0 Å². The summed E-state index contributed by atoms with van der Waals surface area (Å²) in [6.45, 7) is 4.39. The largest absolute Gasteiger partial charge is 0.393 e. The van der Waals surface area contributed by atoms with Crippen molar-refractivity contribution in [2.75, 3.05) is 26.7 Å². The number of thiocarbonyl (C=S) groups is 1. The molecule has 1 fully saturated rings. The Labute approximate surface area is 115 Å². The number of nitrogens with zero attached hydrogens (tertiary/aromatic N) is 2. The van der Waals surface area contributed by atoms with Crippen LogP contribution < -0.4 is 5.73 Å². The third kappa shape index (κ3) is 5.78. The molecule has 0 saturated heterocycles. The molecule has 0 aliphatic heterocycles. The Morgan fingerprint density at radius 1 is 1.39 bits per heavy atom. The molecule has 1 saturated carbocycles. The first-order chi connectivity index (χ1) is 8.54. The number of likely N-dealkylation sites (N-methyl/N-ethyl adjacent to an activating group) is 1. The number of amides is 1. The fraction of sp³-hybridized carbons (Fsp3) is 0.846. The quantitative estimate of drug-likeness (QED) is 0.644. The second kappa shape index (κ2) is 7.69. The summed E-state index contributed by atoms with van der Waals surface area (Å²) in [6.07, 6.45) is 5.44. The monoisotopic (exact) mass is 271 g/mol. The zero-order valence-electron chi connectivity index (χ0n) is 11.5. The molecule has 0 heterocycles. The number of hydrogen-bond donors (Lipinski definition) is 1. The lowest BCUT2D eigenvalue weighted by Gasteiger charge is -2.24. The number of hydrogen-bond acceptors (Lipinski definition) is 3. The lowest BCUT2D eigenvalue weighted by Crippen LogP contribution is -2.40. The van der Waals surface area contributed by atoms with E-state index < -0.39 is 0 Å². The highest BCUT2D eigenvalue weighted by molar-refractivity contribution is 7.80. The first kappa shape index (κ1) is 15.4. The average Bonchev–Trinajstić information content (AvgIpc) is 3.15. The highest BCUT2D eigenvalue weighted by Gasteiger charge is 2.30. The summed E-state index contributed by atoms with van der Waals surface area (Å²) in [7, 11) is 1.82. The molecule has 4 nitrogen and oxygen atoms in total. The van der Waals surface area contributed by atoms with Gasteiger partial charge in [0.1, 0.15) is 0 Å². The van der Waals surface area contributed by atoms with Gasteiger partial charge in [-0.2, -0.15) is 0 Å². The normalized spacial score (nSPS) is 14.8. The third-order valence-corrected chi connectivity index (χ3v) is 3.52. The molecule has 2 N–H and O–H groups in total. The van der Waals surface area contributed by atoms with Gasteiger partial charge >= 0.3 is 0 Å². The van der Waals surface area contributed by atoms with E-state index >= 15 is 0 Å². The Bertz CT molecular complexity index is 292. The smallest absolute Gasteiger partial charge is 0.236 e. The van der Waals surface area contributed by atoms with Crippen molar-refractivity contribution in [1.82, 2.24) is 9.80 Å². The summed E-state index contributed by atoms with van der Waals surface area (Å²) in [4.78, 5) is 16.6. The van der Waals surface area contributed by atoms with Gasteiger partial charge in [0, 0.05) is 26.1 Å². The second-order valence-electron chi connectivity index (χ2n) is 5.09. The lowest BCUT2D eigenvalue weighted by molar-refractivity contribution is -0.131. The molecule has 1 aliphatic carbocycles. The van der Waals surface area contributed by atoms with Crippen LogP contribution in [0.4, 0.5) is 0 Å². The Hall–Kier alpha value is -0.680. The van der Waals surface area contributed by atoms with E-state index in [4.69, 9.17) is 18.0 Å². The molecule has 0 spiro atoms. The molecule has 0 bridgehead atoms. The summed E-state index contributed by atoms with van der Waals surface area (Å²) in [6, 6.07) is 0.643. The molecule has 0 unspecified atom stereocenters. The summed E-state index contributed by atoms with van der Waals surface area (Å²) in [5, 5.41) is 0. The molecular weight excluding hydrogens is 246 g/mol. The number of nitrogens with two attached hydrogens (primary N) is 1. The van der Waals surface area contributed by atoms with E-state index in [1.165, 1.54) is 25.7 Å². The number of rotatable bonds is 9. The molecule has 0 atom stereocenters. The minimum Gasteiger partial charge on any atom is -0.393 e. The molecule has 0 aromatic carbocycles. The topological polar surface area (TPSA) is 49.6 Å². The standard InChI is InChI=1S/C13H25N3OS/c1-3-4-8-16(11-5-6-11)10-13(17)15(2)9-7-12(14)18/h11H,3-10H2,1-2H3,(H2,14,18). The van der Waals surface area contributed by atoms with E-state index in [0.29, 0.717) is 30.5 Å². The van der Waals surface area contributed by atoms with Gasteiger partial charge in [-0.1, -0.05) is 25.6 Å². The Morgan fingerprint density at radius 3 is 2.56 bits per heavy atom. The van der Waals surface area contributed by atoms with Gasteiger partial charge in [-0.05, 0) is 25.8 Å². The van der Waals surface area contributed by atoms with Crippen LogP contribution in [0.15, 0.2) is 0 Å². The average molecular weight is 271 g/mol. The molecule has 1 rings (SSSR count). The maximum Gasteiger partial charge on any atom is 0.236 e. The van der Waals surface area contributed by atoms with E-state index in [1.54, 1.807) is 4.90 Å². The van der Waals surface area contributed by atoms with E-state index in [-0.39, 0.29) is 5.91 Å². The number of carbonyl (C=O) groups excluding carboxylic acids is 1. The van der Waals surface area contributed by atoms with Gasteiger partial charge in [0.05, 0.1) is 11.5 Å².